The molecule has 0 saturated heterocycles. The molecule has 3 aromatic rings. The van der Waals surface area contributed by atoms with Crippen LogP contribution >= 0.6 is 11.6 Å². The molecule has 12 heteroatoms. The molecule has 1 aromatic heterocycles. The molecule has 2 N–H and O–H groups in total. The molecule has 178 valence electrons. The van der Waals surface area contributed by atoms with Crippen molar-refractivity contribution < 1.29 is 27.4 Å². The highest BCUT2D eigenvalue weighted by Crippen LogP contribution is 2.39. The third kappa shape index (κ3) is 4.26. The van der Waals surface area contributed by atoms with Gasteiger partial charge in [0.15, 0.2) is 0 Å². The smallest absolute Gasteiger partial charge is 0.416 e. The first-order chi connectivity index (χ1) is 16.1. The average Bonchev–Trinajstić information content (AvgIpc) is 3.26. The Labute approximate surface area is 197 Å². The van der Waals surface area contributed by atoms with Gasteiger partial charge in [-0.2, -0.15) is 23.3 Å². The molecule has 0 aliphatic carbocycles. The van der Waals surface area contributed by atoms with Gasteiger partial charge in [-0.25, -0.2) is 4.68 Å². The van der Waals surface area contributed by atoms with Crippen LogP contribution in [0, 0.1) is 0 Å². The maximum absolute atomic E-state index is 13.5. The molecule has 1 atom stereocenters. The van der Waals surface area contributed by atoms with Crippen LogP contribution in [-0.2, 0) is 11.0 Å². The standard InChI is InChI=1S/C22H19ClF3N5O3/c1-11-18(20(32)30-15-9-16(33-2)14(23)8-17(15)34-3)19(31-21(29-11)27-10-28-31)12-4-6-13(7-5-12)22(24,25)26/h4-10,19H,1-3H3,(H,30,32)(H,27,28,29)/t19-/m1/s1. The fourth-order valence-electron chi connectivity index (χ4n) is 3.70. The molecule has 0 unspecified atom stereocenters. The Morgan fingerprint density at radius 1 is 1.15 bits per heavy atom. The van der Waals surface area contributed by atoms with Gasteiger partial charge in [0.1, 0.15) is 23.9 Å². The van der Waals surface area contributed by atoms with E-state index in [0.29, 0.717) is 39.4 Å². The van der Waals surface area contributed by atoms with Gasteiger partial charge >= 0.3 is 6.18 Å². The number of alkyl halides is 3. The van der Waals surface area contributed by atoms with Crippen molar-refractivity contribution in [2.45, 2.75) is 19.1 Å². The number of methoxy groups -OCH3 is 2. The zero-order valence-electron chi connectivity index (χ0n) is 18.2. The minimum atomic E-state index is -4.48. The van der Waals surface area contributed by atoms with Crippen LogP contribution in [0.15, 0.2) is 54.0 Å². The monoisotopic (exact) mass is 493 g/mol. The number of ether oxygens (including phenoxy) is 2. The number of aromatic nitrogens is 3. The molecule has 8 nitrogen and oxygen atoms in total. The van der Waals surface area contributed by atoms with Crippen molar-refractivity contribution in [1.29, 1.82) is 0 Å². The van der Waals surface area contributed by atoms with E-state index in [-0.39, 0.29) is 5.57 Å². The Bertz CT molecular complexity index is 1270. The molecule has 0 radical (unpaired) electrons. The summed E-state index contributed by atoms with van der Waals surface area (Å²) in [5.41, 5.74) is 0.612. The topological polar surface area (TPSA) is 90.3 Å². The third-order valence-corrected chi connectivity index (χ3v) is 5.61. The van der Waals surface area contributed by atoms with Gasteiger partial charge in [-0.3, -0.25) is 4.79 Å². The second-order valence-corrected chi connectivity index (χ2v) is 7.76. The number of halogens is 4. The molecule has 0 bridgehead atoms. The summed E-state index contributed by atoms with van der Waals surface area (Å²) in [5, 5.41) is 10.3. The van der Waals surface area contributed by atoms with Crippen LogP contribution in [-0.4, -0.2) is 34.9 Å². The van der Waals surface area contributed by atoms with Crippen LogP contribution in [0.1, 0.15) is 24.1 Å². The van der Waals surface area contributed by atoms with Crippen molar-refractivity contribution in [3.63, 3.8) is 0 Å². The Hall–Kier alpha value is -3.73. The van der Waals surface area contributed by atoms with E-state index < -0.39 is 23.7 Å². The van der Waals surface area contributed by atoms with Gasteiger partial charge in [0, 0.05) is 17.8 Å². The first kappa shape index (κ1) is 23.4. The average molecular weight is 494 g/mol. The normalized spacial score (nSPS) is 15.4. The molecule has 1 aliphatic rings. The molecule has 1 aliphatic heterocycles. The van der Waals surface area contributed by atoms with E-state index in [4.69, 9.17) is 21.1 Å². The van der Waals surface area contributed by atoms with Crippen LogP contribution in [0.25, 0.3) is 0 Å². The van der Waals surface area contributed by atoms with E-state index in [2.05, 4.69) is 20.7 Å². The van der Waals surface area contributed by atoms with E-state index in [9.17, 15) is 18.0 Å². The fourth-order valence-corrected chi connectivity index (χ4v) is 3.93. The number of hydrogen-bond acceptors (Lipinski definition) is 6. The second-order valence-electron chi connectivity index (χ2n) is 7.36. The maximum atomic E-state index is 13.5. The Kier molecular flexibility index (Phi) is 6.13. The summed E-state index contributed by atoms with van der Waals surface area (Å²) < 4.78 is 51.2. The van der Waals surface area contributed by atoms with Crippen molar-refractivity contribution >= 4 is 29.1 Å². The van der Waals surface area contributed by atoms with Crippen molar-refractivity contribution in [1.82, 2.24) is 14.8 Å². The largest absolute Gasteiger partial charge is 0.495 e. The highest BCUT2D eigenvalue weighted by atomic mass is 35.5. The number of fused-ring (bicyclic) bond motifs is 1. The molecule has 0 fully saturated rings. The van der Waals surface area contributed by atoms with E-state index in [1.165, 1.54) is 49.5 Å². The number of anilines is 2. The summed E-state index contributed by atoms with van der Waals surface area (Å²) in [6.07, 6.45) is -3.19. The van der Waals surface area contributed by atoms with Gasteiger partial charge in [-0.15, -0.1) is 0 Å². The first-order valence-electron chi connectivity index (χ1n) is 9.91. The summed E-state index contributed by atoms with van der Waals surface area (Å²) in [4.78, 5) is 17.6. The summed E-state index contributed by atoms with van der Waals surface area (Å²) in [6, 6.07) is 6.74. The number of nitrogens with zero attached hydrogens (tertiary/aromatic N) is 3. The van der Waals surface area contributed by atoms with Crippen molar-refractivity contribution in [2.24, 2.45) is 0 Å². The second kappa shape index (κ2) is 8.90. The van der Waals surface area contributed by atoms with Crippen LogP contribution in [0.4, 0.5) is 24.8 Å². The van der Waals surface area contributed by atoms with Gasteiger partial charge in [-0.1, -0.05) is 23.7 Å². The minimum absolute atomic E-state index is 0.230. The first-order valence-corrected chi connectivity index (χ1v) is 10.3. The Morgan fingerprint density at radius 2 is 1.82 bits per heavy atom. The summed E-state index contributed by atoms with van der Waals surface area (Å²) in [6.45, 7) is 1.67. The molecule has 2 aromatic carbocycles. The van der Waals surface area contributed by atoms with Crippen LogP contribution in [0.3, 0.4) is 0 Å². The molecule has 0 spiro atoms. The van der Waals surface area contributed by atoms with Crippen molar-refractivity contribution in [3.8, 4) is 11.5 Å². The molecule has 1 amide bonds. The van der Waals surface area contributed by atoms with Crippen molar-refractivity contribution in [2.75, 3.05) is 24.9 Å². The van der Waals surface area contributed by atoms with E-state index in [0.717, 1.165) is 12.1 Å². The highest BCUT2D eigenvalue weighted by Gasteiger charge is 2.35. The van der Waals surface area contributed by atoms with Gasteiger partial charge in [0.25, 0.3) is 5.91 Å². The van der Waals surface area contributed by atoms with Gasteiger partial charge < -0.3 is 20.1 Å². The number of rotatable bonds is 5. The molecule has 0 saturated carbocycles. The summed E-state index contributed by atoms with van der Waals surface area (Å²) >= 11 is 6.14. The number of benzene rings is 2. The maximum Gasteiger partial charge on any atom is 0.416 e. The van der Waals surface area contributed by atoms with Gasteiger partial charge in [-0.05, 0) is 24.6 Å². The molecular weight excluding hydrogens is 475 g/mol. The Morgan fingerprint density at radius 3 is 2.44 bits per heavy atom. The van der Waals surface area contributed by atoms with Crippen LogP contribution < -0.4 is 20.1 Å². The molecular formula is C22H19ClF3N5O3. The predicted octanol–water partition coefficient (Wildman–Crippen LogP) is 4.90. The Balaban J connectivity index is 1.76. The van der Waals surface area contributed by atoms with Crippen molar-refractivity contribution in [3.05, 3.63) is 70.1 Å². The van der Waals surface area contributed by atoms with E-state index >= 15 is 0 Å². The number of hydrogen-bond donors (Lipinski definition) is 2. The van der Waals surface area contributed by atoms with E-state index in [1.807, 2.05) is 0 Å². The lowest BCUT2D eigenvalue weighted by molar-refractivity contribution is -0.137. The number of allylic oxidation sites excluding steroid dienone is 1. The lowest BCUT2D eigenvalue weighted by Crippen LogP contribution is -2.31. The number of carbonyl (C=O) groups is 1. The summed E-state index contributed by atoms with van der Waals surface area (Å²) in [7, 11) is 2.86. The van der Waals surface area contributed by atoms with Crippen LogP contribution in [0.5, 0.6) is 11.5 Å². The lowest BCUT2D eigenvalue weighted by Gasteiger charge is -2.29. The summed E-state index contributed by atoms with van der Waals surface area (Å²) in [5.74, 6) is 0.445. The van der Waals surface area contributed by atoms with E-state index in [1.54, 1.807) is 6.92 Å². The SMILES string of the molecule is COc1cc(NC(=O)C2=C(C)Nc3ncnn3[C@@H]2c2ccc(C(F)(F)F)cc2)c(OC)cc1Cl. The molecule has 4 rings (SSSR count). The zero-order valence-corrected chi connectivity index (χ0v) is 19.0. The highest BCUT2D eigenvalue weighted by molar-refractivity contribution is 6.32. The number of carbonyl (C=O) groups excluding carboxylic acids is 1. The van der Waals surface area contributed by atoms with Gasteiger partial charge in [0.05, 0.1) is 36.1 Å². The fraction of sp³-hybridized carbons (Fsp3) is 0.227. The van der Waals surface area contributed by atoms with Crippen LogP contribution in [0.2, 0.25) is 5.02 Å². The zero-order chi connectivity index (χ0) is 24.6. The minimum Gasteiger partial charge on any atom is -0.495 e. The molecule has 34 heavy (non-hydrogen) atoms. The quantitative estimate of drug-likeness (QED) is 0.525. The van der Waals surface area contributed by atoms with Gasteiger partial charge in [0.2, 0.25) is 5.95 Å². The third-order valence-electron chi connectivity index (χ3n) is 5.31. The predicted molar refractivity (Wildman–Crippen MR) is 119 cm³/mol. The lowest BCUT2D eigenvalue weighted by atomic mass is 9.94. The number of nitrogens with one attached hydrogen (secondary N) is 2. The number of amides is 1. The molecule has 2 heterocycles.